The molecule has 0 bridgehead atoms. The summed E-state index contributed by atoms with van der Waals surface area (Å²) in [6.07, 6.45) is 2.83. The molecule has 0 spiro atoms. The fraction of sp³-hybridized carbons (Fsp3) is 0.600. The number of quaternary nitrogens is 2. The topological polar surface area (TPSA) is 24.3 Å². The van der Waals surface area contributed by atoms with Crippen molar-refractivity contribution in [3.8, 4) is 0 Å². The Morgan fingerprint density at radius 2 is 2.00 bits per heavy atom. The molecule has 1 aromatic rings. The lowest BCUT2D eigenvalue weighted by molar-refractivity contribution is -0.937. The van der Waals surface area contributed by atoms with E-state index in [1.165, 1.54) is 38.2 Å². The van der Waals surface area contributed by atoms with Gasteiger partial charge in [-0.05, 0) is 12.1 Å². The number of nitrogens with two attached hydrogens (primary N) is 1. The number of benzene rings is 1. The Labute approximate surface area is 110 Å². The molecule has 3 nitrogen and oxygen atoms in total. The Morgan fingerprint density at radius 1 is 1.22 bits per heavy atom. The van der Waals surface area contributed by atoms with E-state index in [-0.39, 0.29) is 0 Å². The van der Waals surface area contributed by atoms with Crippen LogP contribution in [0.4, 0.5) is 5.69 Å². The second kappa shape index (κ2) is 4.90. The molecule has 98 valence electrons. The monoisotopic (exact) mass is 247 g/mol. The van der Waals surface area contributed by atoms with Crippen LogP contribution in [0.5, 0.6) is 0 Å². The van der Waals surface area contributed by atoms with Crippen LogP contribution in [0.15, 0.2) is 18.2 Å². The van der Waals surface area contributed by atoms with Gasteiger partial charge in [0, 0.05) is 43.8 Å². The van der Waals surface area contributed by atoms with Gasteiger partial charge < -0.3 is 15.1 Å². The van der Waals surface area contributed by atoms with Gasteiger partial charge in [0.05, 0.1) is 13.1 Å². The molecule has 18 heavy (non-hydrogen) atoms. The Morgan fingerprint density at radius 3 is 2.72 bits per heavy atom. The van der Waals surface area contributed by atoms with Crippen molar-refractivity contribution >= 4 is 5.69 Å². The molecule has 1 aromatic carbocycles. The molecule has 0 unspecified atom stereocenters. The summed E-state index contributed by atoms with van der Waals surface area (Å²) in [5.74, 6) is 0. The lowest BCUT2D eigenvalue weighted by Gasteiger charge is -2.29. The van der Waals surface area contributed by atoms with Crippen molar-refractivity contribution in [1.82, 2.24) is 0 Å². The maximum absolute atomic E-state index is 2.48. The summed E-state index contributed by atoms with van der Waals surface area (Å²) in [7, 11) is 4.24. The number of anilines is 1. The largest absolute Gasteiger partial charge is 0.378 e. The molecule has 3 N–H and O–H groups in total. The van der Waals surface area contributed by atoms with Crippen molar-refractivity contribution < 1.29 is 10.2 Å². The smallest absolute Gasteiger partial charge is 0.163 e. The Balaban J connectivity index is 1.90. The third-order valence-electron chi connectivity index (χ3n) is 4.52. The van der Waals surface area contributed by atoms with Gasteiger partial charge in [0.1, 0.15) is 13.1 Å². The number of hydrogen-bond acceptors (Lipinski definition) is 1. The third kappa shape index (κ3) is 2.13. The lowest BCUT2D eigenvalue weighted by Crippen LogP contribution is -3.13. The average Bonchev–Trinajstić information content (AvgIpc) is 2.91. The number of nitrogens with zero attached hydrogens (tertiary/aromatic N) is 1. The predicted octanol–water partition coefficient (Wildman–Crippen LogP) is -0.451. The molecule has 0 radical (unpaired) electrons. The van der Waals surface area contributed by atoms with Crippen molar-refractivity contribution in [2.45, 2.75) is 25.4 Å². The van der Waals surface area contributed by atoms with Gasteiger partial charge in [-0.15, -0.1) is 0 Å². The van der Waals surface area contributed by atoms with Gasteiger partial charge in [-0.25, -0.2) is 0 Å². The predicted molar refractivity (Wildman–Crippen MR) is 73.9 cm³/mol. The van der Waals surface area contributed by atoms with Crippen LogP contribution in [0.2, 0.25) is 0 Å². The van der Waals surface area contributed by atoms with E-state index < -0.39 is 0 Å². The van der Waals surface area contributed by atoms with E-state index in [1.807, 2.05) is 4.90 Å². The molecule has 0 amide bonds. The minimum absolute atomic E-state index is 0.729. The number of fused-ring (bicyclic) bond motifs is 1. The fourth-order valence-electron chi connectivity index (χ4n) is 3.48. The highest BCUT2D eigenvalue weighted by molar-refractivity contribution is 5.50. The maximum atomic E-state index is 2.48. The van der Waals surface area contributed by atoms with Crippen LogP contribution in [-0.2, 0) is 6.54 Å². The zero-order valence-corrected chi connectivity index (χ0v) is 11.6. The van der Waals surface area contributed by atoms with E-state index in [4.69, 9.17) is 0 Å². The molecule has 2 aliphatic heterocycles. The Bertz CT molecular complexity index is 422. The van der Waals surface area contributed by atoms with Gasteiger partial charge in [-0.1, -0.05) is 6.07 Å². The first-order valence-electron chi connectivity index (χ1n) is 7.22. The number of rotatable bonds is 2. The molecule has 1 saturated heterocycles. The second-order valence-electron chi connectivity index (χ2n) is 5.92. The van der Waals surface area contributed by atoms with Crippen LogP contribution in [0.3, 0.4) is 0 Å². The molecular weight excluding hydrogens is 222 g/mol. The van der Waals surface area contributed by atoms with Crippen LogP contribution in [0.25, 0.3) is 0 Å². The van der Waals surface area contributed by atoms with Crippen molar-refractivity contribution in [2.24, 2.45) is 0 Å². The van der Waals surface area contributed by atoms with Crippen LogP contribution in [-0.4, -0.2) is 33.7 Å². The first-order valence-corrected chi connectivity index (χ1v) is 7.22. The minimum atomic E-state index is 0.729. The molecule has 0 aliphatic carbocycles. The third-order valence-corrected chi connectivity index (χ3v) is 4.52. The molecule has 1 fully saturated rings. The summed E-state index contributed by atoms with van der Waals surface area (Å²) in [5, 5.41) is 2.48. The van der Waals surface area contributed by atoms with Gasteiger partial charge >= 0.3 is 0 Å². The summed E-state index contributed by atoms with van der Waals surface area (Å²) < 4.78 is 0. The van der Waals surface area contributed by atoms with Gasteiger partial charge in [0.25, 0.3) is 0 Å². The maximum Gasteiger partial charge on any atom is 0.163 e. The SMILES string of the molecule is CN(C)c1ccc2c(c1)C[NH2+]C[C@@H]2[NH+]1CCCC1. The van der Waals surface area contributed by atoms with E-state index in [0.717, 1.165) is 12.6 Å². The number of likely N-dealkylation sites (tertiary alicyclic amines) is 1. The molecule has 2 aliphatic rings. The van der Waals surface area contributed by atoms with Crippen LogP contribution in [0, 0.1) is 0 Å². The van der Waals surface area contributed by atoms with Gasteiger partial charge in [0.2, 0.25) is 0 Å². The second-order valence-corrected chi connectivity index (χ2v) is 5.92. The highest BCUT2D eigenvalue weighted by Crippen LogP contribution is 2.23. The summed E-state index contributed by atoms with van der Waals surface area (Å²) in [6.45, 7) is 5.16. The minimum Gasteiger partial charge on any atom is -0.378 e. The van der Waals surface area contributed by atoms with Gasteiger partial charge in [-0.2, -0.15) is 0 Å². The normalized spacial score (nSPS) is 24.0. The highest BCUT2D eigenvalue weighted by Gasteiger charge is 2.33. The summed E-state index contributed by atoms with van der Waals surface area (Å²) in [6, 6.07) is 7.78. The first-order chi connectivity index (χ1) is 8.75. The Hall–Kier alpha value is -1.06. The summed E-state index contributed by atoms with van der Waals surface area (Å²) >= 11 is 0. The van der Waals surface area contributed by atoms with Crippen molar-refractivity contribution in [3.63, 3.8) is 0 Å². The highest BCUT2D eigenvalue weighted by atomic mass is 15.2. The van der Waals surface area contributed by atoms with Crippen LogP contribution in [0.1, 0.15) is 30.0 Å². The average molecular weight is 247 g/mol. The van der Waals surface area contributed by atoms with E-state index in [9.17, 15) is 0 Å². The first kappa shape index (κ1) is 12.0. The molecule has 0 aromatic heterocycles. The van der Waals surface area contributed by atoms with E-state index in [1.54, 1.807) is 11.1 Å². The van der Waals surface area contributed by atoms with Crippen LogP contribution < -0.4 is 15.1 Å². The molecular formula is C15H25N3+2. The zero-order chi connectivity index (χ0) is 12.5. The molecule has 2 heterocycles. The van der Waals surface area contributed by atoms with E-state index >= 15 is 0 Å². The van der Waals surface area contributed by atoms with Crippen molar-refractivity contribution in [2.75, 3.05) is 38.6 Å². The molecule has 3 heteroatoms. The number of hydrogen-bond donors (Lipinski definition) is 2. The zero-order valence-electron chi connectivity index (χ0n) is 11.6. The van der Waals surface area contributed by atoms with Gasteiger partial charge in [-0.3, -0.25) is 0 Å². The molecule has 3 rings (SSSR count). The lowest BCUT2D eigenvalue weighted by atomic mass is 9.95. The molecule has 0 saturated carbocycles. The standard InChI is InChI=1S/C15H23N3/c1-17(2)13-5-6-14-12(9-13)10-16-11-15(14)18-7-3-4-8-18/h5-6,9,15-16H,3-4,7-8,10-11H2,1-2H3/p+2/t15-/m0/s1. The van der Waals surface area contributed by atoms with Crippen molar-refractivity contribution in [3.05, 3.63) is 29.3 Å². The summed E-state index contributed by atoms with van der Waals surface area (Å²) in [4.78, 5) is 4.01. The Kier molecular flexibility index (Phi) is 3.27. The number of nitrogens with one attached hydrogen (secondary N) is 1. The van der Waals surface area contributed by atoms with Gasteiger partial charge in [0.15, 0.2) is 6.04 Å². The molecule has 1 atom stereocenters. The quantitative estimate of drug-likeness (QED) is 0.727. The fourth-order valence-corrected chi connectivity index (χ4v) is 3.48. The van der Waals surface area contributed by atoms with E-state index in [2.05, 4.69) is 42.5 Å². The van der Waals surface area contributed by atoms with Crippen molar-refractivity contribution in [1.29, 1.82) is 0 Å². The summed E-state index contributed by atoms with van der Waals surface area (Å²) in [5.41, 5.74) is 4.50. The van der Waals surface area contributed by atoms with E-state index in [0.29, 0.717) is 0 Å². The van der Waals surface area contributed by atoms with Crippen LogP contribution >= 0.6 is 0 Å².